The maximum atomic E-state index is 11.7. The van der Waals surface area contributed by atoms with Gasteiger partial charge in [-0.25, -0.2) is 4.79 Å². The van der Waals surface area contributed by atoms with Gasteiger partial charge in [0.1, 0.15) is 17.2 Å². The first-order valence-corrected chi connectivity index (χ1v) is 13.9. The molecule has 0 aromatic heterocycles. The van der Waals surface area contributed by atoms with E-state index in [1.165, 1.54) is 0 Å². The number of fused-ring (bicyclic) bond motifs is 1. The second kappa shape index (κ2) is 14.8. The van der Waals surface area contributed by atoms with Crippen LogP contribution < -0.4 is 19.1 Å². The Bertz CT molecular complexity index is 1230. The minimum Gasteiger partial charge on any atom is -0.494 e. The Labute approximate surface area is 235 Å². The van der Waals surface area contributed by atoms with Gasteiger partial charge in [-0.15, -0.1) is 0 Å². The summed E-state index contributed by atoms with van der Waals surface area (Å²) < 4.78 is 17.5. The average Bonchev–Trinajstić information content (AvgIpc) is 2.96. The van der Waals surface area contributed by atoms with Gasteiger partial charge < -0.3 is 29.3 Å². The Hall–Kier alpha value is -4.20. The van der Waals surface area contributed by atoms with Crippen LogP contribution in [0.15, 0.2) is 72.8 Å². The number of carboxylic acids is 2. The molecule has 0 fully saturated rings. The van der Waals surface area contributed by atoms with E-state index in [1.54, 1.807) is 0 Å². The molecule has 2 N–H and O–H groups in total. The number of rotatable bonds is 16. The van der Waals surface area contributed by atoms with Gasteiger partial charge in [-0.2, -0.15) is 0 Å². The number of hydrogen-bond acceptors (Lipinski definition) is 6. The summed E-state index contributed by atoms with van der Waals surface area (Å²) >= 11 is 0. The molecule has 1 aliphatic heterocycles. The predicted octanol–water partition coefficient (Wildman–Crippen LogP) is 5.62. The summed E-state index contributed by atoms with van der Waals surface area (Å²) in [5.74, 6) is 0.424. The molecule has 3 aromatic rings. The van der Waals surface area contributed by atoms with Gasteiger partial charge in [0.25, 0.3) is 0 Å². The molecular formula is C32H37NO7. The second-order valence-electron chi connectivity index (χ2n) is 9.87. The third-order valence-corrected chi connectivity index (χ3v) is 6.83. The standard InChI is InChI=1S/C32H37NO7/c34-30(35)13-8-20-33-23-29(32(36)37)40-31-25(9-7-12-28(31)33)17-14-24-15-18-27(19-16-24)39-22-6-2-5-21-38-26-10-3-1-4-11-26/h1,3-4,7,9-12,15-16,18-19,29H,2,5-6,8,13-14,17,20-23H2,(H,34,35)(H,36,37). The molecule has 1 atom stereocenters. The first kappa shape index (κ1) is 28.8. The number of anilines is 1. The zero-order valence-corrected chi connectivity index (χ0v) is 22.7. The minimum absolute atomic E-state index is 0.0353. The van der Waals surface area contributed by atoms with Crippen molar-refractivity contribution in [1.29, 1.82) is 0 Å². The molecule has 1 unspecified atom stereocenters. The Morgan fingerprint density at radius 3 is 2.17 bits per heavy atom. The van der Waals surface area contributed by atoms with Crippen LogP contribution in [0, 0.1) is 0 Å². The third-order valence-electron chi connectivity index (χ3n) is 6.83. The number of para-hydroxylation sites is 2. The molecule has 1 aliphatic rings. The summed E-state index contributed by atoms with van der Waals surface area (Å²) in [5, 5.41) is 18.6. The van der Waals surface area contributed by atoms with Crippen LogP contribution in [0.2, 0.25) is 0 Å². The highest BCUT2D eigenvalue weighted by Crippen LogP contribution is 2.37. The molecule has 3 aromatic carbocycles. The highest BCUT2D eigenvalue weighted by molar-refractivity contribution is 5.77. The molecule has 4 rings (SSSR count). The summed E-state index contributed by atoms with van der Waals surface area (Å²) in [7, 11) is 0. The number of unbranched alkanes of at least 4 members (excludes halogenated alkanes) is 2. The monoisotopic (exact) mass is 547 g/mol. The van der Waals surface area contributed by atoms with E-state index in [0.29, 0.717) is 38.3 Å². The van der Waals surface area contributed by atoms with Crippen molar-refractivity contribution < 1.29 is 34.0 Å². The average molecular weight is 548 g/mol. The number of carbonyl (C=O) groups is 2. The van der Waals surface area contributed by atoms with E-state index < -0.39 is 18.0 Å². The summed E-state index contributed by atoms with van der Waals surface area (Å²) in [4.78, 5) is 24.6. The molecule has 1 heterocycles. The van der Waals surface area contributed by atoms with Crippen LogP contribution in [0.1, 0.15) is 43.2 Å². The molecule has 0 bridgehead atoms. The summed E-state index contributed by atoms with van der Waals surface area (Å²) in [5.41, 5.74) is 2.89. The maximum absolute atomic E-state index is 11.7. The fourth-order valence-corrected chi connectivity index (χ4v) is 4.70. The van der Waals surface area contributed by atoms with Gasteiger partial charge in [-0.1, -0.05) is 42.5 Å². The Balaban J connectivity index is 1.24. The number of aryl methyl sites for hydroxylation is 2. The molecule has 0 aliphatic carbocycles. The van der Waals surface area contributed by atoms with Gasteiger partial charge in [0, 0.05) is 13.0 Å². The number of benzene rings is 3. The SMILES string of the molecule is O=C(O)CCCN1CC(C(=O)O)Oc2c(CCc3ccc(OCCCCCOc4ccccc4)cc3)cccc21. The van der Waals surface area contributed by atoms with E-state index >= 15 is 0 Å². The van der Waals surface area contributed by atoms with Crippen LogP contribution in [-0.2, 0) is 22.4 Å². The van der Waals surface area contributed by atoms with E-state index in [4.69, 9.17) is 19.3 Å². The zero-order valence-electron chi connectivity index (χ0n) is 22.7. The van der Waals surface area contributed by atoms with E-state index in [0.717, 1.165) is 54.0 Å². The predicted molar refractivity (Wildman–Crippen MR) is 153 cm³/mol. The van der Waals surface area contributed by atoms with Crippen molar-refractivity contribution in [3.63, 3.8) is 0 Å². The largest absolute Gasteiger partial charge is 0.494 e. The van der Waals surface area contributed by atoms with Crippen LogP contribution in [0.4, 0.5) is 5.69 Å². The van der Waals surface area contributed by atoms with Crippen molar-refractivity contribution >= 4 is 17.6 Å². The summed E-state index contributed by atoms with van der Waals surface area (Å²) in [6, 6.07) is 23.7. The lowest BCUT2D eigenvalue weighted by Gasteiger charge is -2.35. The minimum atomic E-state index is -1.03. The third kappa shape index (κ3) is 8.66. The molecule has 8 nitrogen and oxygen atoms in total. The van der Waals surface area contributed by atoms with Crippen LogP contribution in [0.25, 0.3) is 0 Å². The van der Waals surface area contributed by atoms with E-state index in [1.807, 2.05) is 65.6 Å². The Morgan fingerprint density at radius 1 is 0.800 bits per heavy atom. The fourth-order valence-electron chi connectivity index (χ4n) is 4.70. The summed E-state index contributed by atoms with van der Waals surface area (Å²) in [6.07, 6.45) is 3.90. The highest BCUT2D eigenvalue weighted by Gasteiger charge is 2.31. The Kier molecular flexibility index (Phi) is 10.7. The lowest BCUT2D eigenvalue weighted by atomic mass is 10.0. The van der Waals surface area contributed by atoms with Gasteiger partial charge in [0.15, 0.2) is 0 Å². The van der Waals surface area contributed by atoms with Crippen molar-refractivity contribution in [2.24, 2.45) is 0 Å². The van der Waals surface area contributed by atoms with Crippen molar-refractivity contribution in [2.45, 2.75) is 51.0 Å². The number of hydrogen-bond donors (Lipinski definition) is 2. The topological polar surface area (TPSA) is 106 Å². The maximum Gasteiger partial charge on any atom is 0.346 e. The molecule has 8 heteroatoms. The van der Waals surface area contributed by atoms with Gasteiger partial charge in [0.05, 0.1) is 25.4 Å². The zero-order chi connectivity index (χ0) is 28.2. The number of aliphatic carboxylic acids is 2. The number of ether oxygens (including phenoxy) is 3. The van der Waals surface area contributed by atoms with Gasteiger partial charge in [-0.3, -0.25) is 4.79 Å². The smallest absolute Gasteiger partial charge is 0.346 e. The molecule has 0 saturated carbocycles. The Morgan fingerprint density at radius 2 is 1.50 bits per heavy atom. The van der Waals surface area contributed by atoms with Crippen LogP contribution in [0.5, 0.6) is 17.2 Å². The fraction of sp³-hybridized carbons (Fsp3) is 0.375. The molecule has 212 valence electrons. The van der Waals surface area contributed by atoms with E-state index in [9.17, 15) is 14.7 Å². The van der Waals surface area contributed by atoms with Crippen LogP contribution >= 0.6 is 0 Å². The molecule has 0 spiro atoms. The normalized spacial score (nSPS) is 14.2. The molecule has 0 amide bonds. The van der Waals surface area contributed by atoms with Crippen molar-refractivity contribution in [1.82, 2.24) is 0 Å². The lowest BCUT2D eigenvalue weighted by Crippen LogP contribution is -2.45. The first-order valence-electron chi connectivity index (χ1n) is 13.9. The highest BCUT2D eigenvalue weighted by atomic mass is 16.5. The van der Waals surface area contributed by atoms with Gasteiger partial charge >= 0.3 is 11.9 Å². The summed E-state index contributed by atoms with van der Waals surface area (Å²) in [6.45, 7) is 2.01. The quantitative estimate of drug-likeness (QED) is 0.223. The van der Waals surface area contributed by atoms with Crippen molar-refractivity contribution in [2.75, 3.05) is 31.2 Å². The van der Waals surface area contributed by atoms with E-state index in [-0.39, 0.29) is 13.0 Å². The molecule has 0 saturated heterocycles. The van der Waals surface area contributed by atoms with Gasteiger partial charge in [0.2, 0.25) is 6.10 Å². The lowest BCUT2D eigenvalue weighted by molar-refractivity contribution is -0.145. The first-order chi connectivity index (χ1) is 19.5. The van der Waals surface area contributed by atoms with Crippen molar-refractivity contribution in [3.05, 3.63) is 83.9 Å². The number of carboxylic acid groups (broad SMARTS) is 2. The van der Waals surface area contributed by atoms with Gasteiger partial charge in [-0.05, 0) is 80.0 Å². The van der Waals surface area contributed by atoms with Crippen LogP contribution in [0.3, 0.4) is 0 Å². The number of nitrogens with zero attached hydrogens (tertiary/aromatic N) is 1. The van der Waals surface area contributed by atoms with Crippen molar-refractivity contribution in [3.8, 4) is 17.2 Å². The molecular weight excluding hydrogens is 510 g/mol. The van der Waals surface area contributed by atoms with E-state index in [2.05, 4.69) is 12.1 Å². The molecule has 0 radical (unpaired) electrons. The molecule has 40 heavy (non-hydrogen) atoms. The second-order valence-corrected chi connectivity index (χ2v) is 9.87. The van der Waals surface area contributed by atoms with Crippen LogP contribution in [-0.4, -0.2) is 54.6 Å².